The fraction of sp³-hybridized carbons (Fsp3) is 0.417. The number of carbonyl (C=O) groups excluding carboxylic acids is 2. The van der Waals surface area contributed by atoms with E-state index in [0.717, 1.165) is 6.07 Å². The molecule has 2 aromatic rings. The monoisotopic (exact) mass is 497 g/mol. The lowest BCUT2D eigenvalue weighted by Gasteiger charge is -2.35. The number of amides is 2. The fourth-order valence-corrected chi connectivity index (χ4v) is 4.96. The van der Waals surface area contributed by atoms with Crippen LogP contribution in [0.4, 0.5) is 20.2 Å². The van der Waals surface area contributed by atoms with Gasteiger partial charge in [-0.1, -0.05) is 43.1 Å². The van der Waals surface area contributed by atoms with E-state index in [0.29, 0.717) is 49.4 Å². The lowest BCUT2D eigenvalue weighted by Crippen LogP contribution is -2.45. The van der Waals surface area contributed by atoms with Crippen molar-refractivity contribution in [2.45, 2.75) is 40.0 Å². The molecule has 1 aliphatic heterocycles. The molecule has 1 heterocycles. The van der Waals surface area contributed by atoms with Crippen LogP contribution in [-0.2, 0) is 16.0 Å². The van der Waals surface area contributed by atoms with Gasteiger partial charge in [0.15, 0.2) is 0 Å². The minimum absolute atomic E-state index is 0.0427. The first kappa shape index (κ1) is 25.4. The third kappa shape index (κ3) is 5.65. The number of hydrogen-bond donors (Lipinski definition) is 0. The van der Waals surface area contributed by atoms with Crippen molar-refractivity contribution in [3.05, 3.63) is 57.6 Å². The number of benzene rings is 2. The van der Waals surface area contributed by atoms with Crippen LogP contribution >= 0.6 is 23.2 Å². The highest BCUT2D eigenvalue weighted by molar-refractivity contribution is 6.40. The van der Waals surface area contributed by atoms with E-state index in [1.807, 2.05) is 18.9 Å². The van der Waals surface area contributed by atoms with Crippen LogP contribution in [0.15, 0.2) is 30.3 Å². The zero-order chi connectivity index (χ0) is 24.3. The van der Waals surface area contributed by atoms with Crippen LogP contribution in [0.25, 0.3) is 0 Å². The van der Waals surface area contributed by atoms with Gasteiger partial charge in [0.05, 0.1) is 21.4 Å². The number of halogens is 4. The van der Waals surface area contributed by atoms with Gasteiger partial charge in [-0.2, -0.15) is 0 Å². The Labute approximate surface area is 202 Å². The van der Waals surface area contributed by atoms with E-state index in [4.69, 9.17) is 23.2 Å². The Morgan fingerprint density at radius 2 is 1.76 bits per heavy atom. The van der Waals surface area contributed by atoms with E-state index >= 15 is 0 Å². The van der Waals surface area contributed by atoms with Crippen molar-refractivity contribution in [1.82, 2.24) is 5.01 Å². The summed E-state index contributed by atoms with van der Waals surface area (Å²) >= 11 is 13.2. The minimum Gasteiger partial charge on any atom is -0.309 e. The van der Waals surface area contributed by atoms with Gasteiger partial charge >= 0.3 is 0 Å². The predicted octanol–water partition coefficient (Wildman–Crippen LogP) is 5.87. The smallest absolute Gasteiger partial charge is 0.238 e. The fourth-order valence-electron chi connectivity index (χ4n) is 4.28. The van der Waals surface area contributed by atoms with Crippen LogP contribution in [-0.4, -0.2) is 36.5 Å². The first-order valence-electron chi connectivity index (χ1n) is 10.9. The van der Waals surface area contributed by atoms with Crippen molar-refractivity contribution in [2.75, 3.05) is 29.5 Å². The maximum atomic E-state index is 14.1. The van der Waals surface area contributed by atoms with Gasteiger partial charge in [-0.15, -0.1) is 0 Å². The Bertz CT molecular complexity index is 1020. The van der Waals surface area contributed by atoms with E-state index in [9.17, 15) is 18.4 Å². The second-order valence-corrected chi connectivity index (χ2v) is 8.89. The molecule has 33 heavy (non-hydrogen) atoms. The molecule has 9 heteroatoms. The quantitative estimate of drug-likeness (QED) is 0.449. The maximum Gasteiger partial charge on any atom is 0.238 e. The molecule has 0 aliphatic carbocycles. The molecule has 3 rings (SSSR count). The number of nitrogens with zero attached hydrogens (tertiary/aromatic N) is 3. The van der Waals surface area contributed by atoms with Gasteiger partial charge in [0.2, 0.25) is 11.8 Å². The number of rotatable bonds is 7. The lowest BCUT2D eigenvalue weighted by molar-refractivity contribution is -0.120. The molecule has 0 bridgehead atoms. The summed E-state index contributed by atoms with van der Waals surface area (Å²) in [7, 11) is 0. The van der Waals surface area contributed by atoms with E-state index in [1.54, 1.807) is 12.1 Å². The molecule has 178 valence electrons. The molecule has 0 radical (unpaired) electrons. The molecule has 1 unspecified atom stereocenters. The Hall–Kier alpha value is -2.22. The lowest BCUT2D eigenvalue weighted by atomic mass is 9.90. The van der Waals surface area contributed by atoms with Crippen molar-refractivity contribution in [3.63, 3.8) is 0 Å². The summed E-state index contributed by atoms with van der Waals surface area (Å²) < 4.78 is 27.4. The van der Waals surface area contributed by atoms with Crippen LogP contribution in [0.3, 0.4) is 0 Å². The molecular formula is C24H27Cl2F2N3O2. The molecule has 2 aromatic carbocycles. The van der Waals surface area contributed by atoms with Gasteiger partial charge in [-0.3, -0.25) is 9.59 Å². The van der Waals surface area contributed by atoms with Crippen molar-refractivity contribution in [1.29, 1.82) is 0 Å². The highest BCUT2D eigenvalue weighted by atomic mass is 35.5. The zero-order valence-electron chi connectivity index (χ0n) is 18.9. The summed E-state index contributed by atoms with van der Waals surface area (Å²) in [5.41, 5.74) is 1.29. The summed E-state index contributed by atoms with van der Waals surface area (Å²) in [6.45, 7) is 6.86. The standard InChI is InChI=1S/C24H27Cl2F2N3O2/c1-4-29(5-2)31(15(3)32)19-12-20(25)24(21(26)13-19)30-14-16(6-9-23(30)33)10-17-7-8-18(27)11-22(17)28/h7-8,11-13,16H,4-6,9-10,14H2,1-3H3. The molecule has 1 atom stereocenters. The van der Waals surface area contributed by atoms with E-state index in [-0.39, 0.29) is 34.2 Å². The van der Waals surface area contributed by atoms with Gasteiger partial charge in [0, 0.05) is 39.0 Å². The van der Waals surface area contributed by atoms with Gasteiger partial charge in [-0.25, -0.2) is 18.8 Å². The van der Waals surface area contributed by atoms with Crippen LogP contribution in [0.5, 0.6) is 0 Å². The molecule has 1 aliphatic rings. The summed E-state index contributed by atoms with van der Waals surface area (Å²) in [6, 6.07) is 6.78. The number of hydrazine groups is 1. The number of piperidine rings is 1. The average molecular weight is 498 g/mol. The van der Waals surface area contributed by atoms with E-state index in [1.165, 1.54) is 29.0 Å². The SMILES string of the molecule is CCN(CC)N(C(C)=O)c1cc(Cl)c(N2CC(Cc3ccc(F)cc3F)CCC2=O)c(Cl)c1. The maximum absolute atomic E-state index is 14.1. The predicted molar refractivity (Wildman–Crippen MR) is 128 cm³/mol. The van der Waals surface area contributed by atoms with E-state index < -0.39 is 11.6 Å². The summed E-state index contributed by atoms with van der Waals surface area (Å²) in [6.07, 6.45) is 1.21. The first-order valence-corrected chi connectivity index (χ1v) is 11.7. The second-order valence-electron chi connectivity index (χ2n) is 8.08. The number of carbonyl (C=O) groups is 2. The van der Waals surface area contributed by atoms with Crippen molar-refractivity contribution in [2.24, 2.45) is 5.92 Å². The molecule has 0 saturated carbocycles. The van der Waals surface area contributed by atoms with Crippen LogP contribution in [0, 0.1) is 17.6 Å². The second kappa shape index (κ2) is 10.8. The third-order valence-corrected chi connectivity index (χ3v) is 6.44. The molecule has 0 aromatic heterocycles. The molecule has 2 amide bonds. The highest BCUT2D eigenvalue weighted by Gasteiger charge is 2.31. The average Bonchev–Trinajstić information content (AvgIpc) is 2.75. The molecule has 0 N–H and O–H groups in total. The Balaban J connectivity index is 1.89. The van der Waals surface area contributed by atoms with Crippen molar-refractivity contribution < 1.29 is 18.4 Å². The number of hydrogen-bond acceptors (Lipinski definition) is 3. The van der Waals surface area contributed by atoms with Crippen LogP contribution in [0.2, 0.25) is 10.0 Å². The van der Waals surface area contributed by atoms with Gasteiger partial charge in [0.1, 0.15) is 11.6 Å². The first-order chi connectivity index (χ1) is 15.7. The molecule has 1 fully saturated rings. The van der Waals surface area contributed by atoms with Crippen LogP contribution in [0.1, 0.15) is 39.2 Å². The molecule has 0 spiro atoms. The Kier molecular flexibility index (Phi) is 8.32. The van der Waals surface area contributed by atoms with Gasteiger partial charge < -0.3 is 4.90 Å². The van der Waals surface area contributed by atoms with Gasteiger partial charge in [0.25, 0.3) is 0 Å². The molecule has 1 saturated heterocycles. The normalized spacial score (nSPS) is 16.4. The Morgan fingerprint density at radius 1 is 1.12 bits per heavy atom. The number of anilines is 2. The summed E-state index contributed by atoms with van der Waals surface area (Å²) in [5.74, 6) is -1.58. The highest BCUT2D eigenvalue weighted by Crippen LogP contribution is 2.40. The van der Waals surface area contributed by atoms with Crippen molar-refractivity contribution >= 4 is 46.4 Å². The van der Waals surface area contributed by atoms with Gasteiger partial charge in [-0.05, 0) is 42.5 Å². The molecular weight excluding hydrogens is 471 g/mol. The Morgan fingerprint density at radius 3 is 2.30 bits per heavy atom. The molecule has 5 nitrogen and oxygen atoms in total. The van der Waals surface area contributed by atoms with Crippen LogP contribution < -0.4 is 9.91 Å². The minimum atomic E-state index is -0.625. The van der Waals surface area contributed by atoms with Crippen molar-refractivity contribution in [3.8, 4) is 0 Å². The van der Waals surface area contributed by atoms with E-state index in [2.05, 4.69) is 0 Å². The largest absolute Gasteiger partial charge is 0.309 e. The third-order valence-electron chi connectivity index (χ3n) is 5.86. The summed E-state index contributed by atoms with van der Waals surface area (Å²) in [4.78, 5) is 26.6. The summed E-state index contributed by atoms with van der Waals surface area (Å²) in [5, 5.41) is 3.86. The zero-order valence-corrected chi connectivity index (χ0v) is 20.4. The topological polar surface area (TPSA) is 43.9 Å².